The molecule has 0 N–H and O–H groups in total. The second-order valence-electron chi connectivity index (χ2n) is 11.8. The predicted molar refractivity (Wildman–Crippen MR) is 128 cm³/mol. The van der Waals surface area contributed by atoms with Crippen LogP contribution in [0.2, 0.25) is 36.3 Å². The van der Waals surface area contributed by atoms with Gasteiger partial charge in [0.25, 0.3) is 0 Å². The number of hydrogen-bond donors (Lipinski definition) is 0. The van der Waals surface area contributed by atoms with Crippen molar-refractivity contribution in [2.24, 2.45) is 0 Å². The van der Waals surface area contributed by atoms with Crippen molar-refractivity contribution >= 4 is 22.9 Å². The van der Waals surface area contributed by atoms with E-state index in [1.807, 2.05) is 0 Å². The molecule has 1 rings (SSSR count). The molecule has 1 fully saturated rings. The van der Waals surface area contributed by atoms with E-state index in [-0.39, 0.29) is 28.4 Å². The van der Waals surface area contributed by atoms with E-state index in [0.717, 1.165) is 38.6 Å². The summed E-state index contributed by atoms with van der Waals surface area (Å²) in [6.45, 7) is 23.5. The second-order valence-corrected chi connectivity index (χ2v) is 21.4. The number of rotatable bonds is 10. The number of carbonyl (C=O) groups excluding carboxylic acids is 1. The largest absolute Gasteiger partial charge is 0.417 e. The van der Waals surface area contributed by atoms with Crippen LogP contribution in [-0.2, 0) is 18.4 Å². The summed E-state index contributed by atoms with van der Waals surface area (Å²) in [6, 6.07) is 0. The average molecular weight is 445 g/mol. The summed E-state index contributed by atoms with van der Waals surface area (Å²) >= 11 is 0. The molecule has 6 heteroatoms. The highest BCUT2D eigenvalue weighted by molar-refractivity contribution is 6.74. The van der Waals surface area contributed by atoms with Gasteiger partial charge in [-0.2, -0.15) is 0 Å². The highest BCUT2D eigenvalue weighted by atomic mass is 28.4. The molecule has 0 aromatic heterocycles. The molecule has 0 aromatic carbocycles. The van der Waals surface area contributed by atoms with Crippen molar-refractivity contribution < 1.29 is 18.4 Å². The van der Waals surface area contributed by atoms with Gasteiger partial charge in [0, 0.05) is 13.0 Å². The zero-order valence-electron chi connectivity index (χ0n) is 20.9. The molecular weight excluding hydrogens is 396 g/mol. The number of hydrogen-bond acceptors (Lipinski definition) is 4. The maximum Gasteiger partial charge on any atom is 0.192 e. The quantitative estimate of drug-likeness (QED) is 0.277. The highest BCUT2D eigenvalue weighted by Crippen LogP contribution is 2.39. The molecule has 1 heterocycles. The van der Waals surface area contributed by atoms with Crippen LogP contribution in [-0.4, -0.2) is 47.8 Å². The van der Waals surface area contributed by atoms with Gasteiger partial charge in [-0.25, -0.2) is 0 Å². The normalized spacial score (nSPS) is 23.1. The summed E-state index contributed by atoms with van der Waals surface area (Å²) in [5.74, 6) is 0. The van der Waals surface area contributed by atoms with E-state index < -0.39 is 16.6 Å². The third-order valence-corrected chi connectivity index (χ3v) is 16.4. The average Bonchev–Trinajstić information content (AvgIpc) is 2.52. The van der Waals surface area contributed by atoms with E-state index in [4.69, 9.17) is 13.6 Å². The van der Waals surface area contributed by atoms with Gasteiger partial charge in [0.15, 0.2) is 16.6 Å². The third-order valence-electron chi connectivity index (χ3n) is 7.30. The van der Waals surface area contributed by atoms with Gasteiger partial charge < -0.3 is 18.4 Å². The Morgan fingerprint density at radius 3 is 2.03 bits per heavy atom. The Bertz CT molecular complexity index is 506. The molecule has 0 aliphatic carbocycles. The Kier molecular flexibility index (Phi) is 9.81. The molecule has 0 unspecified atom stereocenters. The minimum Gasteiger partial charge on any atom is -0.417 e. The fourth-order valence-corrected chi connectivity index (χ4v) is 5.66. The van der Waals surface area contributed by atoms with E-state index in [1.165, 1.54) is 6.42 Å². The maximum absolute atomic E-state index is 11.3. The number of carbonyl (C=O) groups is 1. The zero-order valence-corrected chi connectivity index (χ0v) is 22.9. The van der Waals surface area contributed by atoms with Gasteiger partial charge in [-0.05, 0) is 68.4 Å². The van der Waals surface area contributed by atoms with Crippen molar-refractivity contribution in [3.8, 4) is 0 Å². The minimum atomic E-state index is -1.90. The Labute approximate surface area is 182 Å². The summed E-state index contributed by atoms with van der Waals surface area (Å²) in [7, 11) is -3.59. The summed E-state index contributed by atoms with van der Waals surface area (Å²) in [6.07, 6.45) is 7.05. The fourth-order valence-electron chi connectivity index (χ4n) is 3.22. The molecule has 0 spiro atoms. The summed E-state index contributed by atoms with van der Waals surface area (Å²) in [4.78, 5) is 11.3. The van der Waals surface area contributed by atoms with Crippen LogP contribution in [0.25, 0.3) is 0 Å². The molecule has 0 saturated carbocycles. The lowest BCUT2D eigenvalue weighted by Crippen LogP contribution is -2.45. The predicted octanol–water partition coefficient (Wildman–Crippen LogP) is 6.71. The van der Waals surface area contributed by atoms with Crippen molar-refractivity contribution in [3.63, 3.8) is 0 Å². The minimum absolute atomic E-state index is 0.0272. The van der Waals surface area contributed by atoms with E-state index in [9.17, 15) is 4.79 Å². The van der Waals surface area contributed by atoms with Crippen molar-refractivity contribution in [1.29, 1.82) is 0 Å². The second kappa shape index (κ2) is 10.5. The van der Waals surface area contributed by atoms with E-state index >= 15 is 0 Å². The molecule has 4 nitrogen and oxygen atoms in total. The van der Waals surface area contributed by atoms with Crippen molar-refractivity contribution in [3.05, 3.63) is 0 Å². The lowest BCUT2D eigenvalue weighted by atomic mass is 9.98. The Balaban J connectivity index is 2.58. The molecule has 0 bridgehead atoms. The topological polar surface area (TPSA) is 44.8 Å². The number of ether oxygens (including phenoxy) is 1. The van der Waals surface area contributed by atoms with E-state index in [2.05, 4.69) is 67.7 Å². The van der Waals surface area contributed by atoms with Crippen LogP contribution in [0, 0.1) is 0 Å². The van der Waals surface area contributed by atoms with Crippen LogP contribution >= 0.6 is 0 Å². The van der Waals surface area contributed by atoms with Crippen LogP contribution in [0.3, 0.4) is 0 Å². The van der Waals surface area contributed by atoms with Gasteiger partial charge >= 0.3 is 0 Å². The molecule has 0 amide bonds. The first-order valence-corrected chi connectivity index (χ1v) is 17.3. The standard InChI is InChI=1S/C23H48O4Si2/c1-22(2,3)28(7,8)25-17-15-19-12-11-13-20(26-19)18-21(14-16-24)27-29(9,10)23(4,5)6/h16,19-21H,11-15,17-18H2,1-10H3/t19-,20+,21-/m1/s1. The molecule has 0 aromatic rings. The van der Waals surface area contributed by atoms with Gasteiger partial charge in [0.1, 0.15) is 6.29 Å². The maximum atomic E-state index is 11.3. The molecule has 29 heavy (non-hydrogen) atoms. The smallest absolute Gasteiger partial charge is 0.192 e. The third kappa shape index (κ3) is 8.56. The van der Waals surface area contributed by atoms with Crippen LogP contribution in [0.4, 0.5) is 0 Å². The zero-order chi connectivity index (χ0) is 22.5. The molecule has 172 valence electrons. The van der Waals surface area contributed by atoms with Gasteiger partial charge in [0.05, 0.1) is 18.3 Å². The summed E-state index contributed by atoms with van der Waals surface area (Å²) in [5, 5.41) is 0.386. The van der Waals surface area contributed by atoms with Crippen molar-refractivity contribution in [2.75, 3.05) is 6.61 Å². The summed E-state index contributed by atoms with van der Waals surface area (Å²) < 4.78 is 19.3. The van der Waals surface area contributed by atoms with Crippen LogP contribution in [0.15, 0.2) is 0 Å². The van der Waals surface area contributed by atoms with E-state index in [0.29, 0.717) is 6.42 Å². The van der Waals surface area contributed by atoms with Gasteiger partial charge in [-0.3, -0.25) is 0 Å². The molecule has 0 radical (unpaired) electrons. The van der Waals surface area contributed by atoms with Crippen LogP contribution in [0.5, 0.6) is 0 Å². The molecular formula is C23H48O4Si2. The summed E-state index contributed by atoms with van der Waals surface area (Å²) in [5.41, 5.74) is 0. The van der Waals surface area contributed by atoms with Crippen molar-refractivity contribution in [2.45, 2.75) is 135 Å². The lowest BCUT2D eigenvalue weighted by molar-refractivity contribution is -0.110. The van der Waals surface area contributed by atoms with E-state index in [1.54, 1.807) is 0 Å². The van der Waals surface area contributed by atoms with Crippen LogP contribution < -0.4 is 0 Å². The van der Waals surface area contributed by atoms with Gasteiger partial charge in [-0.1, -0.05) is 41.5 Å². The Morgan fingerprint density at radius 1 is 0.966 bits per heavy atom. The SMILES string of the molecule is CC(C)(C)[Si](C)(C)OCC[C@H]1CCC[C@@H](C[C@@H](CC=O)O[Si](C)(C)C(C)(C)C)O1. The monoisotopic (exact) mass is 444 g/mol. The highest BCUT2D eigenvalue weighted by Gasteiger charge is 2.40. The van der Waals surface area contributed by atoms with Gasteiger partial charge in [0.2, 0.25) is 0 Å². The molecule has 3 atom stereocenters. The molecule has 1 aliphatic rings. The first kappa shape index (κ1) is 27.0. The van der Waals surface area contributed by atoms with Gasteiger partial charge in [-0.15, -0.1) is 0 Å². The molecule has 1 aliphatic heterocycles. The first-order chi connectivity index (χ1) is 13.1. The first-order valence-electron chi connectivity index (χ1n) is 11.5. The van der Waals surface area contributed by atoms with Crippen molar-refractivity contribution in [1.82, 2.24) is 0 Å². The Morgan fingerprint density at radius 2 is 1.52 bits per heavy atom. The molecule has 1 saturated heterocycles. The fraction of sp³-hybridized carbons (Fsp3) is 0.957. The lowest BCUT2D eigenvalue weighted by Gasteiger charge is -2.40. The Hall–Kier alpha value is -0.0162. The van der Waals surface area contributed by atoms with Crippen LogP contribution in [0.1, 0.15) is 80.1 Å². The number of aldehydes is 1.